The minimum absolute atomic E-state index is 0.297. The van der Waals surface area contributed by atoms with Gasteiger partial charge in [0.05, 0.1) is 5.41 Å². The second-order valence-corrected chi connectivity index (χ2v) is 6.03. The molecule has 0 aliphatic carbocycles. The van der Waals surface area contributed by atoms with E-state index in [0.717, 1.165) is 5.56 Å². The van der Waals surface area contributed by atoms with E-state index in [1.54, 1.807) is 39.0 Å². The van der Waals surface area contributed by atoms with Gasteiger partial charge in [-0.3, -0.25) is 4.79 Å². The van der Waals surface area contributed by atoms with E-state index < -0.39 is 11.5 Å². The molecule has 0 spiro atoms. The first-order valence-electron chi connectivity index (χ1n) is 6.93. The highest BCUT2D eigenvalue weighted by Gasteiger charge is 2.24. The first-order valence-corrected chi connectivity index (χ1v) is 6.93. The molecule has 1 atom stereocenters. The number of esters is 1. The molecular weight excluding hydrogens is 264 g/mol. The summed E-state index contributed by atoms with van der Waals surface area (Å²) in [6.45, 7) is 5.41. The molecule has 1 N–H and O–H groups in total. The van der Waals surface area contributed by atoms with Crippen molar-refractivity contribution >= 4 is 5.97 Å². The first-order chi connectivity index (χ1) is 9.88. The number of aliphatic hydroxyl groups is 1. The van der Waals surface area contributed by atoms with Crippen molar-refractivity contribution in [3.05, 3.63) is 65.7 Å². The average Bonchev–Trinajstić information content (AvgIpc) is 2.46. The lowest BCUT2D eigenvalue weighted by Crippen LogP contribution is -2.25. The van der Waals surface area contributed by atoms with Crippen molar-refractivity contribution in [1.82, 2.24) is 0 Å². The molecule has 0 saturated heterocycles. The van der Waals surface area contributed by atoms with E-state index in [-0.39, 0.29) is 5.97 Å². The van der Waals surface area contributed by atoms with Crippen LogP contribution in [0.15, 0.2) is 54.6 Å². The highest BCUT2D eigenvalue weighted by molar-refractivity contribution is 5.77. The van der Waals surface area contributed by atoms with Gasteiger partial charge in [0.1, 0.15) is 11.9 Å². The third-order valence-corrected chi connectivity index (χ3v) is 3.11. The lowest BCUT2D eigenvalue weighted by Gasteiger charge is -2.17. The minimum Gasteiger partial charge on any atom is -0.426 e. The lowest BCUT2D eigenvalue weighted by atomic mass is 9.97. The fourth-order valence-corrected chi connectivity index (χ4v) is 1.84. The predicted octanol–water partition coefficient (Wildman–Crippen LogP) is 3.72. The van der Waals surface area contributed by atoms with Gasteiger partial charge < -0.3 is 9.84 Å². The number of aliphatic hydroxyl groups excluding tert-OH is 1. The van der Waals surface area contributed by atoms with Gasteiger partial charge in [0.25, 0.3) is 0 Å². The Labute approximate surface area is 125 Å². The molecular formula is C18H20O3. The van der Waals surface area contributed by atoms with Gasteiger partial charge in [0.2, 0.25) is 0 Å². The van der Waals surface area contributed by atoms with Gasteiger partial charge in [-0.1, -0.05) is 42.5 Å². The number of ether oxygens (including phenoxy) is 1. The van der Waals surface area contributed by atoms with Crippen molar-refractivity contribution in [3.8, 4) is 5.75 Å². The van der Waals surface area contributed by atoms with E-state index in [1.807, 2.05) is 36.4 Å². The SMILES string of the molecule is CC(C)(C)C(=O)Oc1cccc(C(O)c2ccccc2)c1. The van der Waals surface area contributed by atoms with Crippen molar-refractivity contribution in [2.45, 2.75) is 26.9 Å². The molecule has 0 saturated carbocycles. The Kier molecular flexibility index (Phi) is 4.43. The maximum absolute atomic E-state index is 11.9. The summed E-state index contributed by atoms with van der Waals surface area (Å²) < 4.78 is 5.36. The normalized spacial score (nSPS) is 12.8. The van der Waals surface area contributed by atoms with Crippen LogP contribution in [-0.4, -0.2) is 11.1 Å². The highest BCUT2D eigenvalue weighted by Crippen LogP contribution is 2.26. The van der Waals surface area contributed by atoms with Crippen LogP contribution in [0.3, 0.4) is 0 Å². The van der Waals surface area contributed by atoms with Gasteiger partial charge in [-0.25, -0.2) is 0 Å². The van der Waals surface area contributed by atoms with E-state index >= 15 is 0 Å². The molecule has 110 valence electrons. The van der Waals surface area contributed by atoms with Crippen molar-refractivity contribution < 1.29 is 14.6 Å². The third kappa shape index (κ3) is 3.92. The quantitative estimate of drug-likeness (QED) is 0.690. The summed E-state index contributed by atoms with van der Waals surface area (Å²) in [6.07, 6.45) is -0.737. The van der Waals surface area contributed by atoms with E-state index in [0.29, 0.717) is 11.3 Å². The van der Waals surface area contributed by atoms with Crippen LogP contribution in [0.1, 0.15) is 38.0 Å². The fraction of sp³-hybridized carbons (Fsp3) is 0.278. The van der Waals surface area contributed by atoms with Gasteiger partial charge in [-0.15, -0.1) is 0 Å². The zero-order valence-electron chi connectivity index (χ0n) is 12.5. The molecule has 0 aliphatic heterocycles. The Morgan fingerprint density at radius 1 is 1.00 bits per heavy atom. The van der Waals surface area contributed by atoms with Gasteiger partial charge in [-0.05, 0) is 44.0 Å². The van der Waals surface area contributed by atoms with Crippen LogP contribution in [-0.2, 0) is 4.79 Å². The zero-order valence-corrected chi connectivity index (χ0v) is 12.5. The smallest absolute Gasteiger partial charge is 0.316 e. The molecule has 0 amide bonds. The Morgan fingerprint density at radius 2 is 1.62 bits per heavy atom. The van der Waals surface area contributed by atoms with Crippen LogP contribution < -0.4 is 4.74 Å². The van der Waals surface area contributed by atoms with Crippen molar-refractivity contribution in [3.63, 3.8) is 0 Å². The van der Waals surface area contributed by atoms with Gasteiger partial charge in [0.15, 0.2) is 0 Å². The van der Waals surface area contributed by atoms with E-state index in [9.17, 15) is 9.90 Å². The molecule has 3 heteroatoms. The predicted molar refractivity (Wildman–Crippen MR) is 82.0 cm³/mol. The molecule has 21 heavy (non-hydrogen) atoms. The fourth-order valence-electron chi connectivity index (χ4n) is 1.84. The van der Waals surface area contributed by atoms with Crippen LogP contribution in [0, 0.1) is 5.41 Å². The maximum Gasteiger partial charge on any atom is 0.316 e. The molecule has 0 aliphatic rings. The molecule has 2 aromatic carbocycles. The zero-order chi connectivity index (χ0) is 15.5. The summed E-state index contributed by atoms with van der Waals surface area (Å²) in [5.74, 6) is 0.149. The summed E-state index contributed by atoms with van der Waals surface area (Å²) in [4.78, 5) is 11.9. The molecule has 0 fully saturated rings. The Hall–Kier alpha value is -2.13. The number of rotatable bonds is 3. The first kappa shape index (κ1) is 15.3. The van der Waals surface area contributed by atoms with Gasteiger partial charge in [-0.2, -0.15) is 0 Å². The van der Waals surface area contributed by atoms with Crippen molar-refractivity contribution in [2.75, 3.05) is 0 Å². The topological polar surface area (TPSA) is 46.5 Å². The number of benzene rings is 2. The summed E-state index contributed by atoms with van der Waals surface area (Å²) in [5.41, 5.74) is 0.936. The molecule has 0 aromatic heterocycles. The van der Waals surface area contributed by atoms with Crippen LogP contribution in [0.2, 0.25) is 0 Å². The van der Waals surface area contributed by atoms with Gasteiger partial charge >= 0.3 is 5.97 Å². The van der Waals surface area contributed by atoms with Crippen LogP contribution in [0.5, 0.6) is 5.75 Å². The minimum atomic E-state index is -0.737. The van der Waals surface area contributed by atoms with E-state index in [4.69, 9.17) is 4.74 Å². The largest absolute Gasteiger partial charge is 0.426 e. The second-order valence-electron chi connectivity index (χ2n) is 6.03. The summed E-state index contributed by atoms with van der Waals surface area (Å²) >= 11 is 0. The standard InChI is InChI=1S/C18H20O3/c1-18(2,3)17(20)21-15-11-7-10-14(12-15)16(19)13-8-5-4-6-9-13/h4-12,16,19H,1-3H3. The van der Waals surface area contributed by atoms with Crippen molar-refractivity contribution in [2.24, 2.45) is 5.41 Å². The number of hydrogen-bond acceptors (Lipinski definition) is 3. The number of carbonyl (C=O) groups is 1. The van der Waals surface area contributed by atoms with E-state index in [2.05, 4.69) is 0 Å². The van der Waals surface area contributed by atoms with Gasteiger partial charge in [0, 0.05) is 0 Å². The molecule has 0 bridgehead atoms. The molecule has 3 nitrogen and oxygen atoms in total. The summed E-state index contributed by atoms with van der Waals surface area (Å²) in [5, 5.41) is 10.4. The van der Waals surface area contributed by atoms with Crippen molar-refractivity contribution in [1.29, 1.82) is 0 Å². The second kappa shape index (κ2) is 6.10. The lowest BCUT2D eigenvalue weighted by molar-refractivity contribution is -0.143. The third-order valence-electron chi connectivity index (χ3n) is 3.11. The molecule has 2 aromatic rings. The van der Waals surface area contributed by atoms with E-state index in [1.165, 1.54) is 0 Å². The Morgan fingerprint density at radius 3 is 2.24 bits per heavy atom. The Balaban J connectivity index is 2.20. The Bertz CT molecular complexity index is 612. The van der Waals surface area contributed by atoms with Crippen LogP contribution >= 0.6 is 0 Å². The summed E-state index contributed by atoms with van der Waals surface area (Å²) in [7, 11) is 0. The molecule has 1 unspecified atom stereocenters. The van der Waals surface area contributed by atoms with Crippen LogP contribution in [0.25, 0.3) is 0 Å². The van der Waals surface area contributed by atoms with Crippen LogP contribution in [0.4, 0.5) is 0 Å². The number of carbonyl (C=O) groups excluding carboxylic acids is 1. The summed E-state index contributed by atoms with van der Waals surface area (Å²) in [6, 6.07) is 16.4. The maximum atomic E-state index is 11.9. The molecule has 0 heterocycles. The molecule has 2 rings (SSSR count). The highest BCUT2D eigenvalue weighted by atomic mass is 16.5. The molecule has 0 radical (unpaired) electrons. The monoisotopic (exact) mass is 284 g/mol. The number of hydrogen-bond donors (Lipinski definition) is 1. The average molecular weight is 284 g/mol.